The molecule has 1 aliphatic carbocycles. The molecule has 2 aromatic rings. The first kappa shape index (κ1) is 12.0. The smallest absolute Gasteiger partial charge is 0.126 e. The van der Waals surface area contributed by atoms with Crippen LogP contribution in [0.15, 0.2) is 48.5 Å². The molecule has 0 aromatic heterocycles. The number of methoxy groups -OCH3 is 1. The molecule has 0 unspecified atom stereocenters. The largest absolute Gasteiger partial charge is 0.496 e. The van der Waals surface area contributed by atoms with Gasteiger partial charge in [-0.2, -0.15) is 0 Å². The second-order valence-electron chi connectivity index (χ2n) is 4.92. The Hall–Kier alpha value is -2.02. The molecular formula is C18H18O. The van der Waals surface area contributed by atoms with Gasteiger partial charge in [-0.15, -0.1) is 0 Å². The van der Waals surface area contributed by atoms with Gasteiger partial charge in [0.15, 0.2) is 0 Å². The van der Waals surface area contributed by atoms with E-state index in [-0.39, 0.29) is 0 Å². The average Bonchev–Trinajstić information content (AvgIpc) is 2.69. The molecule has 0 spiro atoms. The number of benzene rings is 2. The summed E-state index contributed by atoms with van der Waals surface area (Å²) in [5, 5.41) is 0. The second kappa shape index (κ2) is 5.31. The van der Waals surface area contributed by atoms with Crippen molar-refractivity contribution in [3.63, 3.8) is 0 Å². The Morgan fingerprint density at radius 3 is 2.58 bits per heavy atom. The summed E-state index contributed by atoms with van der Waals surface area (Å²) in [5.41, 5.74) is 5.40. The molecule has 19 heavy (non-hydrogen) atoms. The van der Waals surface area contributed by atoms with Crippen molar-refractivity contribution in [2.75, 3.05) is 7.11 Å². The maximum atomic E-state index is 5.49. The van der Waals surface area contributed by atoms with Crippen LogP contribution in [0, 0.1) is 0 Å². The zero-order valence-corrected chi connectivity index (χ0v) is 11.2. The Labute approximate surface area is 114 Å². The van der Waals surface area contributed by atoms with Gasteiger partial charge in [-0.1, -0.05) is 48.5 Å². The summed E-state index contributed by atoms with van der Waals surface area (Å²) < 4.78 is 5.49. The van der Waals surface area contributed by atoms with Gasteiger partial charge in [0.05, 0.1) is 7.11 Å². The van der Waals surface area contributed by atoms with Crippen LogP contribution in [-0.2, 0) is 6.42 Å². The average molecular weight is 250 g/mol. The van der Waals surface area contributed by atoms with Gasteiger partial charge in [0.1, 0.15) is 5.75 Å². The topological polar surface area (TPSA) is 9.23 Å². The number of ether oxygens (including phenoxy) is 1. The zero-order valence-electron chi connectivity index (χ0n) is 11.2. The maximum absolute atomic E-state index is 5.49. The lowest BCUT2D eigenvalue weighted by atomic mass is 9.99. The molecule has 0 bridgehead atoms. The maximum Gasteiger partial charge on any atom is 0.126 e. The SMILES string of the molecule is COc1ccccc1C1=Cc2ccccc2CCC1. The first-order valence-corrected chi connectivity index (χ1v) is 6.80. The molecule has 96 valence electrons. The Kier molecular flexibility index (Phi) is 3.37. The zero-order chi connectivity index (χ0) is 13.1. The molecule has 1 nitrogen and oxygen atoms in total. The van der Waals surface area contributed by atoms with Crippen LogP contribution in [0.3, 0.4) is 0 Å². The normalized spacial score (nSPS) is 14.3. The van der Waals surface area contributed by atoms with E-state index in [0.29, 0.717) is 0 Å². The van der Waals surface area contributed by atoms with Gasteiger partial charge in [-0.25, -0.2) is 0 Å². The predicted molar refractivity (Wildman–Crippen MR) is 80.2 cm³/mol. The van der Waals surface area contributed by atoms with E-state index in [4.69, 9.17) is 4.74 Å². The number of rotatable bonds is 2. The van der Waals surface area contributed by atoms with Crippen LogP contribution in [0.1, 0.15) is 29.5 Å². The number of fused-ring (bicyclic) bond motifs is 1. The van der Waals surface area contributed by atoms with Crippen molar-refractivity contribution < 1.29 is 4.74 Å². The lowest BCUT2D eigenvalue weighted by Crippen LogP contribution is -1.91. The molecule has 0 radical (unpaired) electrons. The highest BCUT2D eigenvalue weighted by atomic mass is 16.5. The highest BCUT2D eigenvalue weighted by molar-refractivity contribution is 5.85. The van der Waals surface area contributed by atoms with Gasteiger partial charge >= 0.3 is 0 Å². The van der Waals surface area contributed by atoms with E-state index in [0.717, 1.165) is 18.6 Å². The number of allylic oxidation sites excluding steroid dienone is 1. The monoisotopic (exact) mass is 250 g/mol. The highest BCUT2D eigenvalue weighted by Gasteiger charge is 2.12. The van der Waals surface area contributed by atoms with Crippen LogP contribution < -0.4 is 4.74 Å². The molecule has 3 rings (SSSR count). The van der Waals surface area contributed by atoms with Crippen LogP contribution >= 0.6 is 0 Å². The number of hydrogen-bond acceptors (Lipinski definition) is 1. The Balaban J connectivity index is 2.08. The van der Waals surface area contributed by atoms with E-state index in [1.54, 1.807) is 7.11 Å². The summed E-state index contributed by atoms with van der Waals surface area (Å²) in [6, 6.07) is 17.0. The van der Waals surface area contributed by atoms with E-state index in [2.05, 4.69) is 42.5 Å². The van der Waals surface area contributed by atoms with Gasteiger partial charge in [0, 0.05) is 5.56 Å². The lowest BCUT2D eigenvalue weighted by Gasteiger charge is -2.10. The first-order valence-electron chi connectivity index (χ1n) is 6.80. The molecular weight excluding hydrogens is 232 g/mol. The van der Waals surface area contributed by atoms with Crippen LogP contribution in [0.4, 0.5) is 0 Å². The highest BCUT2D eigenvalue weighted by Crippen LogP contribution is 2.33. The summed E-state index contributed by atoms with van der Waals surface area (Å²) >= 11 is 0. The van der Waals surface area contributed by atoms with Crippen molar-refractivity contribution in [1.29, 1.82) is 0 Å². The van der Waals surface area contributed by atoms with Crippen molar-refractivity contribution in [3.8, 4) is 5.75 Å². The second-order valence-corrected chi connectivity index (χ2v) is 4.92. The van der Waals surface area contributed by atoms with E-state index in [1.165, 1.54) is 28.7 Å². The molecule has 1 aliphatic rings. The summed E-state index contributed by atoms with van der Waals surface area (Å²) in [4.78, 5) is 0. The third-order valence-electron chi connectivity index (χ3n) is 3.73. The predicted octanol–water partition coefficient (Wildman–Crippen LogP) is 4.57. The fourth-order valence-corrected chi connectivity index (χ4v) is 2.75. The van der Waals surface area contributed by atoms with Crippen LogP contribution in [-0.4, -0.2) is 7.11 Å². The van der Waals surface area contributed by atoms with Crippen molar-refractivity contribution in [1.82, 2.24) is 0 Å². The van der Waals surface area contributed by atoms with Gasteiger partial charge in [0.25, 0.3) is 0 Å². The van der Waals surface area contributed by atoms with Crippen LogP contribution in [0.2, 0.25) is 0 Å². The molecule has 0 fully saturated rings. The quantitative estimate of drug-likeness (QED) is 0.758. The van der Waals surface area contributed by atoms with Gasteiger partial charge < -0.3 is 4.74 Å². The minimum Gasteiger partial charge on any atom is -0.496 e. The van der Waals surface area contributed by atoms with E-state index < -0.39 is 0 Å². The molecule has 0 saturated carbocycles. The van der Waals surface area contributed by atoms with Crippen molar-refractivity contribution in [2.45, 2.75) is 19.3 Å². The molecule has 0 atom stereocenters. The molecule has 1 heteroatoms. The van der Waals surface area contributed by atoms with E-state index in [1.807, 2.05) is 12.1 Å². The van der Waals surface area contributed by atoms with Gasteiger partial charge in [0.2, 0.25) is 0 Å². The summed E-state index contributed by atoms with van der Waals surface area (Å²) in [6.45, 7) is 0. The molecule has 2 aromatic carbocycles. The van der Waals surface area contributed by atoms with Crippen LogP contribution in [0.5, 0.6) is 5.75 Å². The first-order chi connectivity index (χ1) is 9.38. The summed E-state index contributed by atoms with van der Waals surface area (Å²) in [6.07, 6.45) is 5.78. The minimum atomic E-state index is 0.966. The fraction of sp³-hybridized carbons (Fsp3) is 0.222. The third kappa shape index (κ3) is 2.41. The molecule has 0 N–H and O–H groups in total. The van der Waals surface area contributed by atoms with Gasteiger partial charge in [-0.05, 0) is 42.0 Å². The summed E-state index contributed by atoms with van der Waals surface area (Å²) in [5.74, 6) is 0.966. The van der Waals surface area contributed by atoms with Crippen molar-refractivity contribution in [3.05, 3.63) is 65.2 Å². The number of para-hydroxylation sites is 1. The summed E-state index contributed by atoms with van der Waals surface area (Å²) in [7, 11) is 1.74. The third-order valence-corrected chi connectivity index (χ3v) is 3.73. The minimum absolute atomic E-state index is 0.966. The Morgan fingerprint density at radius 2 is 1.68 bits per heavy atom. The number of hydrogen-bond donors (Lipinski definition) is 0. The van der Waals surface area contributed by atoms with Crippen molar-refractivity contribution in [2.24, 2.45) is 0 Å². The van der Waals surface area contributed by atoms with E-state index >= 15 is 0 Å². The Morgan fingerprint density at radius 1 is 0.895 bits per heavy atom. The molecule has 0 heterocycles. The molecule has 0 aliphatic heterocycles. The Bertz CT molecular complexity index is 611. The van der Waals surface area contributed by atoms with Gasteiger partial charge in [-0.3, -0.25) is 0 Å². The van der Waals surface area contributed by atoms with E-state index in [9.17, 15) is 0 Å². The number of aryl methyl sites for hydroxylation is 1. The molecule has 0 amide bonds. The lowest BCUT2D eigenvalue weighted by molar-refractivity contribution is 0.413. The fourth-order valence-electron chi connectivity index (χ4n) is 2.75. The standard InChI is InChI=1S/C18H18O/c1-19-18-12-5-4-11-17(18)16-10-6-9-14-7-2-3-8-15(14)13-16/h2-5,7-8,11-13H,6,9-10H2,1H3. The molecule has 0 saturated heterocycles. The van der Waals surface area contributed by atoms with Crippen LogP contribution in [0.25, 0.3) is 11.6 Å². The van der Waals surface area contributed by atoms with Crippen molar-refractivity contribution >= 4 is 11.6 Å².